The predicted octanol–water partition coefficient (Wildman–Crippen LogP) is 4.72. The third kappa shape index (κ3) is 3.55. The van der Waals surface area contributed by atoms with E-state index in [1.165, 1.54) is 5.56 Å². The van der Waals surface area contributed by atoms with Gasteiger partial charge in [-0.05, 0) is 29.7 Å². The average Bonchev–Trinajstić information content (AvgIpc) is 2.38. The fourth-order valence-corrected chi connectivity index (χ4v) is 2.36. The van der Waals surface area contributed by atoms with Gasteiger partial charge in [-0.25, -0.2) is 0 Å². The van der Waals surface area contributed by atoms with Gasteiger partial charge in [0.05, 0.1) is 10.0 Å². The van der Waals surface area contributed by atoms with Crippen LogP contribution in [0, 0.1) is 0 Å². The van der Waals surface area contributed by atoms with Gasteiger partial charge >= 0.3 is 0 Å². The summed E-state index contributed by atoms with van der Waals surface area (Å²) in [5, 5.41) is 0.852. The van der Waals surface area contributed by atoms with E-state index in [1.807, 2.05) is 12.1 Å². The lowest BCUT2D eigenvalue weighted by atomic mass is 10.1. The molecular weight excluding hydrogens is 281 g/mol. The van der Waals surface area contributed by atoms with Crippen LogP contribution >= 0.6 is 23.2 Å². The molecule has 0 aromatic heterocycles. The molecule has 100 valence electrons. The van der Waals surface area contributed by atoms with Crippen LogP contribution in [0.1, 0.15) is 18.1 Å². The highest BCUT2D eigenvalue weighted by molar-refractivity contribution is 6.37. The first-order chi connectivity index (χ1) is 9.10. The minimum absolute atomic E-state index is 0.424. The van der Waals surface area contributed by atoms with E-state index in [2.05, 4.69) is 19.1 Å². The summed E-state index contributed by atoms with van der Waals surface area (Å²) in [4.78, 5) is 0. The van der Waals surface area contributed by atoms with Crippen molar-refractivity contribution in [2.75, 3.05) is 5.73 Å². The van der Waals surface area contributed by atoms with E-state index >= 15 is 0 Å². The van der Waals surface area contributed by atoms with Crippen LogP contribution in [0.5, 0.6) is 5.75 Å². The SMILES string of the molecule is CCc1ccc(COc2c(Cl)cc(N)cc2Cl)cc1. The van der Waals surface area contributed by atoms with Crippen molar-refractivity contribution >= 4 is 28.9 Å². The first-order valence-electron chi connectivity index (χ1n) is 6.05. The number of anilines is 1. The number of benzene rings is 2. The Morgan fingerprint density at radius 2 is 1.53 bits per heavy atom. The number of hydrogen-bond acceptors (Lipinski definition) is 2. The van der Waals surface area contributed by atoms with Gasteiger partial charge in [0.15, 0.2) is 5.75 Å². The Kier molecular flexibility index (Phi) is 4.56. The van der Waals surface area contributed by atoms with Gasteiger partial charge in [0.25, 0.3) is 0 Å². The molecular formula is C15H15Cl2NO. The number of aryl methyl sites for hydroxylation is 1. The molecule has 2 aromatic rings. The topological polar surface area (TPSA) is 35.2 Å². The molecule has 0 bridgehead atoms. The summed E-state index contributed by atoms with van der Waals surface area (Å²) in [6.07, 6.45) is 1.02. The molecule has 0 saturated heterocycles. The first kappa shape index (κ1) is 14.0. The lowest BCUT2D eigenvalue weighted by Gasteiger charge is -2.11. The van der Waals surface area contributed by atoms with Crippen molar-refractivity contribution in [1.82, 2.24) is 0 Å². The van der Waals surface area contributed by atoms with Gasteiger partial charge in [-0.15, -0.1) is 0 Å². The van der Waals surface area contributed by atoms with E-state index in [1.54, 1.807) is 12.1 Å². The molecule has 0 aliphatic carbocycles. The van der Waals surface area contributed by atoms with Gasteiger partial charge in [-0.2, -0.15) is 0 Å². The maximum absolute atomic E-state index is 6.06. The van der Waals surface area contributed by atoms with Crippen LogP contribution in [0.15, 0.2) is 36.4 Å². The maximum Gasteiger partial charge on any atom is 0.157 e. The van der Waals surface area contributed by atoms with Crippen molar-refractivity contribution in [1.29, 1.82) is 0 Å². The van der Waals surface area contributed by atoms with Crippen LogP contribution in [0.25, 0.3) is 0 Å². The number of rotatable bonds is 4. The zero-order chi connectivity index (χ0) is 13.8. The van der Waals surface area contributed by atoms with Gasteiger partial charge in [0.1, 0.15) is 6.61 Å². The van der Waals surface area contributed by atoms with Crippen molar-refractivity contribution < 1.29 is 4.74 Å². The maximum atomic E-state index is 6.06. The molecule has 0 aliphatic rings. The summed E-state index contributed by atoms with van der Waals surface area (Å²) >= 11 is 12.1. The third-order valence-electron chi connectivity index (χ3n) is 2.84. The molecule has 4 heteroatoms. The standard InChI is InChI=1S/C15H15Cl2NO/c1-2-10-3-5-11(6-4-10)9-19-15-13(16)7-12(18)8-14(15)17/h3-8H,2,9,18H2,1H3. The summed E-state index contributed by atoms with van der Waals surface area (Å²) in [6.45, 7) is 2.55. The molecule has 0 aliphatic heterocycles. The molecule has 2 nitrogen and oxygen atoms in total. The van der Waals surface area contributed by atoms with Crippen molar-refractivity contribution in [3.63, 3.8) is 0 Å². The molecule has 2 N–H and O–H groups in total. The quantitative estimate of drug-likeness (QED) is 0.829. The monoisotopic (exact) mass is 295 g/mol. The van der Waals surface area contributed by atoms with Gasteiger partial charge < -0.3 is 10.5 Å². The molecule has 0 fully saturated rings. The second-order valence-electron chi connectivity index (χ2n) is 4.27. The summed E-state index contributed by atoms with van der Waals surface area (Å²) in [6, 6.07) is 11.5. The van der Waals surface area contributed by atoms with Gasteiger partial charge in [0, 0.05) is 5.69 Å². The van der Waals surface area contributed by atoms with Gasteiger partial charge in [-0.1, -0.05) is 54.4 Å². The molecule has 19 heavy (non-hydrogen) atoms. The van der Waals surface area contributed by atoms with Crippen LogP contribution in [-0.4, -0.2) is 0 Å². The van der Waals surface area contributed by atoms with Crippen LogP contribution in [-0.2, 0) is 13.0 Å². The van der Waals surface area contributed by atoms with E-state index in [9.17, 15) is 0 Å². The Hall–Kier alpha value is -1.38. The van der Waals surface area contributed by atoms with E-state index < -0.39 is 0 Å². The van der Waals surface area contributed by atoms with Gasteiger partial charge in [0.2, 0.25) is 0 Å². The smallest absolute Gasteiger partial charge is 0.157 e. The minimum Gasteiger partial charge on any atom is -0.486 e. The van der Waals surface area contributed by atoms with Crippen molar-refractivity contribution in [3.05, 3.63) is 57.6 Å². The van der Waals surface area contributed by atoms with E-state index in [-0.39, 0.29) is 0 Å². The number of nitrogens with two attached hydrogens (primary N) is 1. The second kappa shape index (κ2) is 6.18. The number of nitrogen functional groups attached to an aromatic ring is 1. The lowest BCUT2D eigenvalue weighted by Crippen LogP contribution is -1.98. The van der Waals surface area contributed by atoms with Crippen LogP contribution in [0.2, 0.25) is 10.0 Å². The number of halogens is 2. The Morgan fingerprint density at radius 1 is 1.00 bits per heavy atom. The molecule has 0 spiro atoms. The van der Waals surface area contributed by atoms with Crippen LogP contribution in [0.3, 0.4) is 0 Å². The minimum atomic E-state index is 0.424. The Labute approximate surface area is 123 Å². The van der Waals surface area contributed by atoms with E-state index in [0.29, 0.717) is 28.1 Å². The molecule has 2 aromatic carbocycles. The third-order valence-corrected chi connectivity index (χ3v) is 3.40. The molecule has 0 unspecified atom stereocenters. The van der Waals surface area contributed by atoms with Crippen LogP contribution in [0.4, 0.5) is 5.69 Å². The fourth-order valence-electron chi connectivity index (χ4n) is 1.74. The Bertz CT molecular complexity index is 544. The second-order valence-corrected chi connectivity index (χ2v) is 5.09. The summed E-state index contributed by atoms with van der Waals surface area (Å²) < 4.78 is 5.66. The predicted molar refractivity (Wildman–Crippen MR) is 81.0 cm³/mol. The Balaban J connectivity index is 2.10. The van der Waals surface area contributed by atoms with Crippen molar-refractivity contribution in [2.24, 2.45) is 0 Å². The number of hydrogen-bond donors (Lipinski definition) is 1. The highest BCUT2D eigenvalue weighted by Crippen LogP contribution is 2.35. The average molecular weight is 296 g/mol. The summed E-state index contributed by atoms with van der Waals surface area (Å²) in [5.74, 6) is 0.470. The summed E-state index contributed by atoms with van der Waals surface area (Å²) in [7, 11) is 0. The number of ether oxygens (including phenoxy) is 1. The lowest BCUT2D eigenvalue weighted by molar-refractivity contribution is 0.306. The summed E-state index contributed by atoms with van der Waals surface area (Å²) in [5.41, 5.74) is 8.53. The van der Waals surface area contributed by atoms with Crippen molar-refractivity contribution in [2.45, 2.75) is 20.0 Å². The normalized spacial score (nSPS) is 10.5. The van der Waals surface area contributed by atoms with E-state index in [4.69, 9.17) is 33.7 Å². The first-order valence-corrected chi connectivity index (χ1v) is 6.81. The van der Waals surface area contributed by atoms with E-state index in [0.717, 1.165) is 12.0 Å². The molecule has 0 radical (unpaired) electrons. The molecule has 0 atom stereocenters. The largest absolute Gasteiger partial charge is 0.486 e. The molecule has 0 saturated carbocycles. The highest BCUT2D eigenvalue weighted by Gasteiger charge is 2.09. The van der Waals surface area contributed by atoms with Gasteiger partial charge in [-0.3, -0.25) is 0 Å². The molecule has 0 heterocycles. The fraction of sp³-hybridized carbons (Fsp3) is 0.200. The highest BCUT2D eigenvalue weighted by atomic mass is 35.5. The molecule has 2 rings (SSSR count). The van der Waals surface area contributed by atoms with Crippen molar-refractivity contribution in [3.8, 4) is 5.75 Å². The van der Waals surface area contributed by atoms with Crippen LogP contribution < -0.4 is 10.5 Å². The zero-order valence-corrected chi connectivity index (χ0v) is 12.1. The molecule has 0 amide bonds. The Morgan fingerprint density at radius 3 is 2.05 bits per heavy atom. The zero-order valence-electron chi connectivity index (χ0n) is 10.6.